The summed E-state index contributed by atoms with van der Waals surface area (Å²) in [6, 6.07) is 14.6. The first-order valence-electron chi connectivity index (χ1n) is 9.93. The molecule has 0 saturated heterocycles. The van der Waals surface area contributed by atoms with Crippen LogP contribution in [0.15, 0.2) is 54.6 Å². The molecule has 0 aromatic heterocycles. The SMILES string of the molecule is N=C(N)NCCOc1ccc(NC(=O)c2ccc(C3=CCN(C(=N)N)CC3)cc2)cc1. The van der Waals surface area contributed by atoms with Gasteiger partial charge < -0.3 is 31.7 Å². The quantitative estimate of drug-likeness (QED) is 0.228. The predicted molar refractivity (Wildman–Crippen MR) is 122 cm³/mol. The number of nitrogens with two attached hydrogens (primary N) is 2. The molecule has 3 rings (SSSR count). The fourth-order valence-corrected chi connectivity index (χ4v) is 3.18. The zero-order valence-corrected chi connectivity index (χ0v) is 17.2. The number of hydrogen-bond donors (Lipinski definition) is 6. The van der Waals surface area contributed by atoms with E-state index in [-0.39, 0.29) is 17.8 Å². The Morgan fingerprint density at radius 2 is 1.77 bits per heavy atom. The number of nitrogens with zero attached hydrogens (tertiary/aromatic N) is 1. The maximum absolute atomic E-state index is 12.5. The van der Waals surface area contributed by atoms with Gasteiger partial charge in [-0.3, -0.25) is 15.6 Å². The molecule has 0 aliphatic carbocycles. The van der Waals surface area contributed by atoms with Crippen LogP contribution in [0.3, 0.4) is 0 Å². The zero-order chi connectivity index (χ0) is 22.2. The summed E-state index contributed by atoms with van der Waals surface area (Å²) in [6.07, 6.45) is 2.88. The second-order valence-electron chi connectivity index (χ2n) is 7.06. The highest BCUT2D eigenvalue weighted by Crippen LogP contribution is 2.23. The average Bonchev–Trinajstić information content (AvgIpc) is 2.78. The Hall–Kier alpha value is -4.01. The largest absolute Gasteiger partial charge is 0.492 e. The van der Waals surface area contributed by atoms with Gasteiger partial charge in [0.25, 0.3) is 5.91 Å². The number of carbonyl (C=O) groups excluding carboxylic acids is 1. The number of guanidine groups is 2. The number of rotatable bonds is 7. The van der Waals surface area contributed by atoms with Crippen molar-refractivity contribution in [3.8, 4) is 5.75 Å². The van der Waals surface area contributed by atoms with E-state index in [4.69, 9.17) is 27.0 Å². The molecule has 162 valence electrons. The topological polar surface area (TPSA) is 153 Å². The van der Waals surface area contributed by atoms with Crippen molar-refractivity contribution >= 4 is 29.1 Å². The Labute approximate surface area is 181 Å². The van der Waals surface area contributed by atoms with Gasteiger partial charge in [0.1, 0.15) is 12.4 Å². The van der Waals surface area contributed by atoms with Crippen LogP contribution in [0.2, 0.25) is 0 Å². The van der Waals surface area contributed by atoms with Crippen molar-refractivity contribution in [3.05, 3.63) is 65.7 Å². The van der Waals surface area contributed by atoms with E-state index in [0.717, 1.165) is 18.5 Å². The highest BCUT2D eigenvalue weighted by atomic mass is 16.5. The second kappa shape index (κ2) is 10.1. The molecule has 2 aromatic carbocycles. The Kier molecular flexibility index (Phi) is 7.10. The fraction of sp³-hybridized carbons (Fsp3) is 0.227. The van der Waals surface area contributed by atoms with Gasteiger partial charge in [0.15, 0.2) is 11.9 Å². The third-order valence-corrected chi connectivity index (χ3v) is 4.87. The van der Waals surface area contributed by atoms with Crippen molar-refractivity contribution in [3.63, 3.8) is 0 Å². The number of ether oxygens (including phenoxy) is 1. The summed E-state index contributed by atoms with van der Waals surface area (Å²) in [7, 11) is 0. The zero-order valence-electron chi connectivity index (χ0n) is 17.2. The summed E-state index contributed by atoms with van der Waals surface area (Å²) in [5, 5.41) is 20.1. The van der Waals surface area contributed by atoms with E-state index in [1.165, 1.54) is 5.57 Å². The molecule has 31 heavy (non-hydrogen) atoms. The van der Waals surface area contributed by atoms with Crippen LogP contribution >= 0.6 is 0 Å². The van der Waals surface area contributed by atoms with Crippen molar-refractivity contribution in [2.45, 2.75) is 6.42 Å². The van der Waals surface area contributed by atoms with Crippen LogP contribution in [0.5, 0.6) is 5.75 Å². The molecule has 2 aromatic rings. The highest BCUT2D eigenvalue weighted by Gasteiger charge is 2.14. The molecule has 1 aliphatic heterocycles. The molecule has 0 radical (unpaired) electrons. The third-order valence-electron chi connectivity index (χ3n) is 4.87. The van der Waals surface area contributed by atoms with Crippen LogP contribution in [0, 0.1) is 10.8 Å². The van der Waals surface area contributed by atoms with E-state index in [1.54, 1.807) is 24.3 Å². The maximum atomic E-state index is 12.5. The number of benzene rings is 2. The lowest BCUT2D eigenvalue weighted by Gasteiger charge is -2.26. The Morgan fingerprint density at radius 3 is 2.35 bits per heavy atom. The molecule has 0 saturated carbocycles. The van der Waals surface area contributed by atoms with Crippen molar-refractivity contribution in [2.75, 3.05) is 31.6 Å². The minimum Gasteiger partial charge on any atom is -0.492 e. The van der Waals surface area contributed by atoms with Gasteiger partial charge in [0, 0.05) is 24.3 Å². The Morgan fingerprint density at radius 1 is 1.06 bits per heavy atom. The van der Waals surface area contributed by atoms with Crippen LogP contribution in [0.4, 0.5) is 5.69 Å². The Bertz CT molecular complexity index is 968. The molecule has 1 heterocycles. The molecule has 9 nitrogen and oxygen atoms in total. The normalized spacial score (nSPS) is 13.2. The molecule has 1 aliphatic rings. The van der Waals surface area contributed by atoms with E-state index < -0.39 is 0 Å². The fourth-order valence-electron chi connectivity index (χ4n) is 3.18. The Balaban J connectivity index is 1.52. The summed E-state index contributed by atoms with van der Waals surface area (Å²) >= 11 is 0. The molecule has 0 fully saturated rings. The van der Waals surface area contributed by atoms with Crippen LogP contribution in [0.25, 0.3) is 5.57 Å². The van der Waals surface area contributed by atoms with Gasteiger partial charge in [0.2, 0.25) is 0 Å². The number of carbonyl (C=O) groups is 1. The highest BCUT2D eigenvalue weighted by molar-refractivity contribution is 6.04. The molecule has 1 amide bonds. The minimum atomic E-state index is -0.189. The van der Waals surface area contributed by atoms with Crippen LogP contribution in [0.1, 0.15) is 22.3 Å². The average molecular weight is 422 g/mol. The maximum Gasteiger partial charge on any atom is 0.255 e. The van der Waals surface area contributed by atoms with Gasteiger partial charge in [-0.15, -0.1) is 0 Å². The van der Waals surface area contributed by atoms with E-state index in [1.807, 2.05) is 29.2 Å². The standard InChI is InChI=1S/C22H27N7O2/c23-21(24)27-11-14-31-19-7-5-18(6-8-19)28-20(30)17-3-1-15(2-4-17)16-9-12-29(13-10-16)22(25)26/h1-9H,10-14H2,(H3,25,26)(H,28,30)(H4,23,24,27). The van der Waals surface area contributed by atoms with E-state index >= 15 is 0 Å². The monoisotopic (exact) mass is 421 g/mol. The lowest BCUT2D eigenvalue weighted by atomic mass is 9.98. The molecule has 0 atom stereocenters. The number of amides is 1. The van der Waals surface area contributed by atoms with Crippen LogP contribution < -0.4 is 26.8 Å². The minimum absolute atomic E-state index is 0.0897. The summed E-state index contributed by atoms with van der Waals surface area (Å²) in [6.45, 7) is 2.16. The van der Waals surface area contributed by atoms with Gasteiger partial charge in [-0.05, 0) is 54.0 Å². The van der Waals surface area contributed by atoms with E-state index in [9.17, 15) is 4.79 Å². The lowest BCUT2D eigenvalue weighted by Crippen LogP contribution is -2.39. The van der Waals surface area contributed by atoms with E-state index in [2.05, 4.69) is 16.7 Å². The first-order valence-corrected chi connectivity index (χ1v) is 9.93. The van der Waals surface area contributed by atoms with Gasteiger partial charge in [0.05, 0.1) is 6.54 Å². The molecule has 0 spiro atoms. The molecule has 0 unspecified atom stereocenters. The first kappa shape index (κ1) is 21.7. The summed E-state index contributed by atoms with van der Waals surface area (Å²) in [5.74, 6) is 0.472. The molecular formula is C22H27N7O2. The predicted octanol–water partition coefficient (Wildman–Crippen LogP) is 1.78. The number of nitrogens with one attached hydrogen (secondary N) is 4. The first-order chi connectivity index (χ1) is 14.9. The van der Waals surface area contributed by atoms with Crippen LogP contribution in [-0.2, 0) is 0 Å². The molecular weight excluding hydrogens is 394 g/mol. The summed E-state index contributed by atoms with van der Waals surface area (Å²) in [4.78, 5) is 14.3. The molecule has 0 bridgehead atoms. The van der Waals surface area contributed by atoms with Crippen molar-refractivity contribution in [1.82, 2.24) is 10.2 Å². The number of anilines is 1. The third kappa shape index (κ3) is 6.23. The number of hydrogen-bond acceptors (Lipinski definition) is 4. The molecule has 8 N–H and O–H groups in total. The second-order valence-corrected chi connectivity index (χ2v) is 7.06. The van der Waals surface area contributed by atoms with Gasteiger partial charge in [-0.25, -0.2) is 0 Å². The van der Waals surface area contributed by atoms with Crippen molar-refractivity contribution in [1.29, 1.82) is 10.8 Å². The summed E-state index contributed by atoms with van der Waals surface area (Å²) in [5.41, 5.74) is 14.2. The lowest BCUT2D eigenvalue weighted by molar-refractivity contribution is 0.102. The van der Waals surface area contributed by atoms with Gasteiger partial charge >= 0.3 is 0 Å². The smallest absolute Gasteiger partial charge is 0.255 e. The van der Waals surface area contributed by atoms with Crippen molar-refractivity contribution < 1.29 is 9.53 Å². The van der Waals surface area contributed by atoms with Gasteiger partial charge in [-0.2, -0.15) is 0 Å². The molecule has 9 heteroatoms. The van der Waals surface area contributed by atoms with E-state index in [0.29, 0.717) is 36.7 Å². The van der Waals surface area contributed by atoms with Crippen LogP contribution in [-0.4, -0.2) is 49.0 Å². The summed E-state index contributed by atoms with van der Waals surface area (Å²) < 4.78 is 5.54. The van der Waals surface area contributed by atoms with Gasteiger partial charge in [-0.1, -0.05) is 18.2 Å². The van der Waals surface area contributed by atoms with Crippen molar-refractivity contribution in [2.24, 2.45) is 11.5 Å².